The summed E-state index contributed by atoms with van der Waals surface area (Å²) >= 11 is 0. The molecule has 0 aliphatic heterocycles. The molecule has 0 bridgehead atoms. The third-order valence-corrected chi connectivity index (χ3v) is 2.94. The number of hydrogen-bond donors (Lipinski definition) is 5. The molecule has 8 heteroatoms. The van der Waals surface area contributed by atoms with Gasteiger partial charge in [0.25, 0.3) is 10.1 Å². The van der Waals surface area contributed by atoms with Crippen molar-refractivity contribution in [2.24, 2.45) is 5.73 Å². The van der Waals surface area contributed by atoms with Crippen LogP contribution in [0, 0.1) is 0 Å². The maximum absolute atomic E-state index is 11.1. The van der Waals surface area contributed by atoms with E-state index in [1.807, 2.05) is 0 Å². The lowest BCUT2D eigenvalue weighted by atomic mass is 10.2. The first-order valence-corrected chi connectivity index (χ1v) is 6.30. The van der Waals surface area contributed by atoms with E-state index in [0.29, 0.717) is 0 Å². The van der Waals surface area contributed by atoms with Crippen LogP contribution in [0.4, 0.5) is 11.4 Å². The van der Waals surface area contributed by atoms with Gasteiger partial charge in [-0.25, -0.2) is 0 Å². The molecule has 0 saturated heterocycles. The smallest absolute Gasteiger partial charge is 0.296 e. The summed E-state index contributed by atoms with van der Waals surface area (Å²) < 4.78 is 31.2. The molecule has 1 atom stereocenters. The highest BCUT2D eigenvalue weighted by atomic mass is 32.2. The van der Waals surface area contributed by atoms with E-state index in [1.54, 1.807) is 0 Å². The highest BCUT2D eigenvalue weighted by Crippen LogP contribution is 2.24. The molecule has 0 aliphatic carbocycles. The molecule has 0 saturated carbocycles. The Hall–Kier alpha value is -1.35. The second kappa shape index (κ2) is 5.32. The molecule has 1 aromatic rings. The van der Waals surface area contributed by atoms with Crippen LogP contribution in [0.3, 0.4) is 0 Å². The van der Waals surface area contributed by atoms with Crippen molar-refractivity contribution in [3.8, 4) is 0 Å². The average molecular weight is 261 g/mol. The van der Waals surface area contributed by atoms with Crippen molar-refractivity contribution in [2.45, 2.75) is 17.5 Å². The number of aliphatic hydroxyl groups excluding tert-OH is 1. The van der Waals surface area contributed by atoms with Crippen LogP contribution in [0.1, 0.15) is 6.42 Å². The number of benzene rings is 1. The van der Waals surface area contributed by atoms with Crippen molar-refractivity contribution in [1.82, 2.24) is 0 Å². The minimum atomic E-state index is -4.40. The number of nitrogen functional groups attached to an aromatic ring is 1. The number of anilines is 2. The first-order valence-electron chi connectivity index (χ1n) is 4.86. The number of rotatable bonds is 5. The maximum atomic E-state index is 11.1. The van der Waals surface area contributed by atoms with Crippen LogP contribution < -0.4 is 16.8 Å². The van der Waals surface area contributed by atoms with Gasteiger partial charge in [-0.3, -0.25) is 4.55 Å². The topological polar surface area (TPSA) is 139 Å². The Morgan fingerprint density at radius 2 is 2.06 bits per heavy atom. The number of aliphatic hydroxyl groups is 1. The van der Waals surface area contributed by atoms with E-state index in [4.69, 9.17) is 16.0 Å². The number of nitrogens with two attached hydrogens (primary N) is 2. The second-order valence-corrected chi connectivity index (χ2v) is 4.86. The molecule has 7 nitrogen and oxygen atoms in total. The van der Waals surface area contributed by atoms with Crippen molar-refractivity contribution in [1.29, 1.82) is 0 Å². The van der Waals surface area contributed by atoms with Crippen LogP contribution in [0.2, 0.25) is 0 Å². The predicted octanol–water partition coefficient (Wildman–Crippen LogP) is -0.405. The minimum Gasteiger partial charge on any atom is -0.399 e. The lowest BCUT2D eigenvalue weighted by Gasteiger charge is -2.15. The molecule has 0 heterocycles. The van der Waals surface area contributed by atoms with Gasteiger partial charge in [0.15, 0.2) is 0 Å². The summed E-state index contributed by atoms with van der Waals surface area (Å²) in [6.45, 7) is 0.240. The largest absolute Gasteiger partial charge is 0.399 e. The predicted molar refractivity (Wildman–Crippen MR) is 64.0 cm³/mol. The van der Waals surface area contributed by atoms with Crippen molar-refractivity contribution in [3.63, 3.8) is 0 Å². The lowest BCUT2D eigenvalue weighted by Crippen LogP contribution is -2.23. The second-order valence-electron chi connectivity index (χ2n) is 3.47. The Morgan fingerprint density at radius 3 is 2.59 bits per heavy atom. The zero-order valence-electron chi connectivity index (χ0n) is 9.00. The normalized spacial score (nSPS) is 13.4. The standard InChI is InChI=1S/C9H15N3O4S/c10-4-3-9(13)12-7-2-1-6(11)5-8(7)17(14,15)16/h1-2,5,9,12-13H,3-4,10-11H2,(H,14,15,16). The molecule has 0 spiro atoms. The van der Waals surface area contributed by atoms with Crippen molar-refractivity contribution >= 4 is 21.5 Å². The summed E-state index contributed by atoms with van der Waals surface area (Å²) in [7, 11) is -4.40. The molecule has 0 amide bonds. The van der Waals surface area contributed by atoms with Gasteiger partial charge in [-0.15, -0.1) is 0 Å². The van der Waals surface area contributed by atoms with Crippen molar-refractivity contribution in [3.05, 3.63) is 18.2 Å². The molecule has 96 valence electrons. The molecule has 17 heavy (non-hydrogen) atoms. The Kier molecular flexibility index (Phi) is 4.29. The molecule has 0 radical (unpaired) electrons. The summed E-state index contributed by atoms with van der Waals surface area (Å²) in [6.07, 6.45) is -0.751. The zero-order valence-corrected chi connectivity index (χ0v) is 9.81. The Bertz CT molecular complexity index is 489. The molecule has 1 unspecified atom stereocenters. The van der Waals surface area contributed by atoms with E-state index < -0.39 is 16.3 Å². The van der Waals surface area contributed by atoms with Gasteiger partial charge in [0, 0.05) is 12.1 Å². The lowest BCUT2D eigenvalue weighted by molar-refractivity contribution is 0.195. The molecule has 0 fully saturated rings. The van der Waals surface area contributed by atoms with Crippen LogP contribution >= 0.6 is 0 Å². The molecule has 7 N–H and O–H groups in total. The van der Waals surface area contributed by atoms with Gasteiger partial charge in [-0.05, 0) is 24.7 Å². The van der Waals surface area contributed by atoms with Crippen LogP contribution in [0.15, 0.2) is 23.1 Å². The van der Waals surface area contributed by atoms with Gasteiger partial charge in [-0.2, -0.15) is 8.42 Å². The molecule has 0 aliphatic rings. The average Bonchev–Trinajstić information content (AvgIpc) is 2.19. The summed E-state index contributed by atoms with van der Waals surface area (Å²) in [5.74, 6) is 0. The van der Waals surface area contributed by atoms with E-state index in [-0.39, 0.29) is 29.2 Å². The van der Waals surface area contributed by atoms with E-state index in [1.165, 1.54) is 12.1 Å². The summed E-state index contributed by atoms with van der Waals surface area (Å²) in [6, 6.07) is 3.91. The summed E-state index contributed by atoms with van der Waals surface area (Å²) in [4.78, 5) is -0.381. The fraction of sp³-hybridized carbons (Fsp3) is 0.333. The molecule has 1 aromatic carbocycles. The first-order chi connectivity index (χ1) is 7.84. The highest BCUT2D eigenvalue weighted by molar-refractivity contribution is 7.86. The molecule has 0 aromatic heterocycles. The highest BCUT2D eigenvalue weighted by Gasteiger charge is 2.17. The zero-order chi connectivity index (χ0) is 13.1. The Balaban J connectivity index is 3.07. The van der Waals surface area contributed by atoms with Gasteiger partial charge in [0.2, 0.25) is 0 Å². The molecule has 1 rings (SSSR count). The fourth-order valence-electron chi connectivity index (χ4n) is 1.28. The van der Waals surface area contributed by atoms with E-state index in [2.05, 4.69) is 5.32 Å². The Morgan fingerprint density at radius 1 is 1.41 bits per heavy atom. The van der Waals surface area contributed by atoms with E-state index in [0.717, 1.165) is 6.07 Å². The summed E-state index contributed by atoms with van der Waals surface area (Å²) in [5, 5.41) is 12.0. The third kappa shape index (κ3) is 3.86. The number of hydrogen-bond acceptors (Lipinski definition) is 6. The van der Waals surface area contributed by atoms with Crippen molar-refractivity contribution in [2.75, 3.05) is 17.6 Å². The first kappa shape index (κ1) is 13.7. The monoisotopic (exact) mass is 261 g/mol. The van der Waals surface area contributed by atoms with Crippen LogP contribution in [0.25, 0.3) is 0 Å². The SMILES string of the molecule is NCCC(O)Nc1ccc(N)cc1S(=O)(=O)O. The van der Waals surface area contributed by atoms with Gasteiger partial charge < -0.3 is 21.9 Å². The van der Waals surface area contributed by atoms with Crippen LogP contribution in [0.5, 0.6) is 0 Å². The van der Waals surface area contributed by atoms with E-state index in [9.17, 15) is 13.5 Å². The van der Waals surface area contributed by atoms with E-state index >= 15 is 0 Å². The van der Waals surface area contributed by atoms with Gasteiger partial charge in [0.1, 0.15) is 11.1 Å². The molecular formula is C9H15N3O4S. The minimum absolute atomic E-state index is 0.0719. The maximum Gasteiger partial charge on any atom is 0.296 e. The van der Waals surface area contributed by atoms with Gasteiger partial charge >= 0.3 is 0 Å². The van der Waals surface area contributed by atoms with Gasteiger partial charge in [0.05, 0.1) is 5.69 Å². The van der Waals surface area contributed by atoms with Crippen LogP contribution in [-0.2, 0) is 10.1 Å². The number of nitrogens with one attached hydrogen (secondary N) is 1. The van der Waals surface area contributed by atoms with Crippen molar-refractivity contribution < 1.29 is 18.1 Å². The Labute approximate surface area is 99.2 Å². The van der Waals surface area contributed by atoms with Gasteiger partial charge in [-0.1, -0.05) is 0 Å². The fourth-order valence-corrected chi connectivity index (χ4v) is 1.97. The molecular weight excluding hydrogens is 246 g/mol. The summed E-state index contributed by atoms with van der Waals surface area (Å²) in [5.41, 5.74) is 10.9. The van der Waals surface area contributed by atoms with Crippen LogP contribution in [-0.4, -0.2) is 30.8 Å². The quantitative estimate of drug-likeness (QED) is 0.276. The third-order valence-electron chi connectivity index (χ3n) is 2.05.